The molecule has 0 aliphatic carbocycles. The van der Waals surface area contributed by atoms with E-state index in [1.54, 1.807) is 0 Å². The number of nitrogens with zero attached hydrogens (tertiary/aromatic N) is 2. The number of carboxylic acid groups (broad SMARTS) is 1. The Bertz CT molecular complexity index is 291. The normalized spacial score (nSPS) is 15.4. The number of aliphatic carboxylic acids is 1. The molecule has 0 radical (unpaired) electrons. The molecule has 0 aromatic heterocycles. The van der Waals surface area contributed by atoms with E-state index in [9.17, 15) is 9.59 Å². The first-order valence-corrected chi connectivity index (χ1v) is 7.37. The standard InChI is InChI=1S/C12H23N3O3.C2H6/c1-14(10-3-6-13-7-4-10)8-5-11(16)15(2)9-12(17)18;1-2/h10,13H,3-9H2,1-2H3,(H,17,18);1-2H3. The Labute approximate surface area is 122 Å². The van der Waals surface area contributed by atoms with E-state index in [-0.39, 0.29) is 12.5 Å². The minimum absolute atomic E-state index is 0.113. The van der Waals surface area contributed by atoms with Crippen molar-refractivity contribution < 1.29 is 14.7 Å². The van der Waals surface area contributed by atoms with Crippen molar-refractivity contribution in [3.8, 4) is 0 Å². The molecule has 1 fully saturated rings. The summed E-state index contributed by atoms with van der Waals surface area (Å²) in [7, 11) is 3.56. The van der Waals surface area contributed by atoms with Gasteiger partial charge in [-0.25, -0.2) is 0 Å². The van der Waals surface area contributed by atoms with Gasteiger partial charge in [0, 0.05) is 26.1 Å². The van der Waals surface area contributed by atoms with Gasteiger partial charge in [0.05, 0.1) is 0 Å². The average Bonchev–Trinajstić information content (AvgIpc) is 2.46. The molecule has 6 nitrogen and oxygen atoms in total. The van der Waals surface area contributed by atoms with E-state index in [1.165, 1.54) is 11.9 Å². The Morgan fingerprint density at radius 3 is 2.25 bits per heavy atom. The van der Waals surface area contributed by atoms with Gasteiger partial charge in [-0.05, 0) is 33.0 Å². The number of piperidine rings is 1. The lowest BCUT2D eigenvalue weighted by Crippen LogP contribution is -2.42. The molecule has 2 N–H and O–H groups in total. The number of amides is 1. The molecule has 0 aromatic carbocycles. The number of carbonyl (C=O) groups excluding carboxylic acids is 1. The highest BCUT2D eigenvalue weighted by molar-refractivity contribution is 5.81. The highest BCUT2D eigenvalue weighted by Gasteiger charge is 2.19. The van der Waals surface area contributed by atoms with Crippen LogP contribution in [0, 0.1) is 0 Å². The van der Waals surface area contributed by atoms with E-state index < -0.39 is 5.97 Å². The first-order chi connectivity index (χ1) is 9.50. The van der Waals surface area contributed by atoms with Crippen LogP contribution in [-0.4, -0.2) is 73.1 Å². The van der Waals surface area contributed by atoms with Crippen LogP contribution in [0.1, 0.15) is 33.1 Å². The lowest BCUT2D eigenvalue weighted by atomic mass is 10.1. The fourth-order valence-electron chi connectivity index (χ4n) is 2.18. The van der Waals surface area contributed by atoms with Gasteiger partial charge in [0.25, 0.3) is 0 Å². The predicted molar refractivity (Wildman–Crippen MR) is 79.8 cm³/mol. The van der Waals surface area contributed by atoms with E-state index in [1.807, 2.05) is 20.9 Å². The van der Waals surface area contributed by atoms with Crippen molar-refractivity contribution in [2.45, 2.75) is 39.2 Å². The number of hydrogen-bond donors (Lipinski definition) is 2. The number of carboxylic acids is 1. The van der Waals surface area contributed by atoms with Crippen molar-refractivity contribution in [1.82, 2.24) is 15.1 Å². The van der Waals surface area contributed by atoms with Crippen LogP contribution in [0.3, 0.4) is 0 Å². The number of carbonyl (C=O) groups is 2. The molecule has 0 spiro atoms. The molecule has 0 atom stereocenters. The molecule has 1 aliphatic rings. The summed E-state index contributed by atoms with van der Waals surface area (Å²) >= 11 is 0. The van der Waals surface area contributed by atoms with E-state index in [0.717, 1.165) is 25.9 Å². The summed E-state index contributed by atoms with van der Waals surface area (Å²) in [6, 6.07) is 0.531. The summed E-state index contributed by atoms with van der Waals surface area (Å²) in [5.41, 5.74) is 0. The van der Waals surface area contributed by atoms with Crippen LogP contribution in [0.5, 0.6) is 0 Å². The zero-order valence-electron chi connectivity index (χ0n) is 13.2. The van der Waals surface area contributed by atoms with Gasteiger partial charge in [0.15, 0.2) is 0 Å². The summed E-state index contributed by atoms with van der Waals surface area (Å²) in [4.78, 5) is 25.6. The Hall–Kier alpha value is -1.14. The molecule has 1 amide bonds. The van der Waals surface area contributed by atoms with E-state index in [4.69, 9.17) is 5.11 Å². The second-order valence-electron chi connectivity index (χ2n) is 4.86. The first-order valence-electron chi connectivity index (χ1n) is 7.37. The molecule has 0 aromatic rings. The van der Waals surface area contributed by atoms with Crippen molar-refractivity contribution in [2.75, 3.05) is 40.3 Å². The highest BCUT2D eigenvalue weighted by Crippen LogP contribution is 2.10. The second-order valence-corrected chi connectivity index (χ2v) is 4.86. The maximum atomic E-state index is 11.7. The molecule has 0 bridgehead atoms. The van der Waals surface area contributed by atoms with Gasteiger partial charge in [-0.3, -0.25) is 9.59 Å². The maximum Gasteiger partial charge on any atom is 0.323 e. The van der Waals surface area contributed by atoms with Gasteiger partial charge in [-0.1, -0.05) is 13.8 Å². The van der Waals surface area contributed by atoms with E-state index >= 15 is 0 Å². The number of likely N-dealkylation sites (N-methyl/N-ethyl adjacent to an activating group) is 1. The van der Waals surface area contributed by atoms with Crippen molar-refractivity contribution in [3.05, 3.63) is 0 Å². The molecule has 118 valence electrons. The summed E-state index contributed by atoms with van der Waals surface area (Å²) < 4.78 is 0. The molecule has 6 heteroatoms. The van der Waals surface area contributed by atoms with Gasteiger partial charge in [-0.2, -0.15) is 0 Å². The van der Waals surface area contributed by atoms with Crippen LogP contribution >= 0.6 is 0 Å². The molecule has 1 rings (SSSR count). The third-order valence-corrected chi connectivity index (χ3v) is 3.41. The minimum atomic E-state index is -0.974. The van der Waals surface area contributed by atoms with Crippen molar-refractivity contribution in [2.24, 2.45) is 0 Å². The molecular weight excluding hydrogens is 258 g/mol. The monoisotopic (exact) mass is 287 g/mol. The summed E-state index contributed by atoms with van der Waals surface area (Å²) in [5, 5.41) is 11.9. The van der Waals surface area contributed by atoms with Gasteiger partial charge in [-0.15, -0.1) is 0 Å². The molecule has 1 heterocycles. The van der Waals surface area contributed by atoms with Gasteiger partial charge in [0.1, 0.15) is 6.54 Å². The molecular formula is C14H29N3O3. The van der Waals surface area contributed by atoms with Crippen LogP contribution in [0.4, 0.5) is 0 Å². The summed E-state index contributed by atoms with van der Waals surface area (Å²) in [5.74, 6) is -1.09. The minimum Gasteiger partial charge on any atom is -0.480 e. The average molecular weight is 287 g/mol. The van der Waals surface area contributed by atoms with Crippen molar-refractivity contribution in [1.29, 1.82) is 0 Å². The fourth-order valence-corrected chi connectivity index (χ4v) is 2.18. The maximum absolute atomic E-state index is 11.7. The fraction of sp³-hybridized carbons (Fsp3) is 0.857. The smallest absolute Gasteiger partial charge is 0.323 e. The molecule has 1 saturated heterocycles. The van der Waals surface area contributed by atoms with Crippen LogP contribution in [0.25, 0.3) is 0 Å². The first kappa shape index (κ1) is 18.9. The quantitative estimate of drug-likeness (QED) is 0.749. The highest BCUT2D eigenvalue weighted by atomic mass is 16.4. The zero-order chi connectivity index (χ0) is 15.5. The lowest BCUT2D eigenvalue weighted by molar-refractivity contribution is -0.143. The summed E-state index contributed by atoms with van der Waals surface area (Å²) in [6.07, 6.45) is 2.59. The van der Waals surface area contributed by atoms with Crippen LogP contribution in [0.15, 0.2) is 0 Å². The zero-order valence-corrected chi connectivity index (χ0v) is 13.2. The third kappa shape index (κ3) is 7.45. The van der Waals surface area contributed by atoms with Crippen LogP contribution in [0.2, 0.25) is 0 Å². The molecule has 1 aliphatic heterocycles. The number of nitrogens with one attached hydrogen (secondary N) is 1. The Balaban J connectivity index is 0.00000172. The SMILES string of the molecule is CC.CN(CC(=O)O)C(=O)CCN(C)C1CCNCC1. The molecule has 0 saturated carbocycles. The Morgan fingerprint density at radius 1 is 1.20 bits per heavy atom. The second kappa shape index (κ2) is 10.6. The lowest BCUT2D eigenvalue weighted by Gasteiger charge is -2.31. The Morgan fingerprint density at radius 2 is 1.75 bits per heavy atom. The van der Waals surface area contributed by atoms with E-state index in [0.29, 0.717) is 19.0 Å². The van der Waals surface area contributed by atoms with Crippen LogP contribution < -0.4 is 5.32 Å². The third-order valence-electron chi connectivity index (χ3n) is 3.41. The van der Waals surface area contributed by atoms with Gasteiger partial charge in [0.2, 0.25) is 5.91 Å². The largest absolute Gasteiger partial charge is 0.480 e. The van der Waals surface area contributed by atoms with Crippen molar-refractivity contribution >= 4 is 11.9 Å². The molecule has 0 unspecified atom stereocenters. The summed E-state index contributed by atoms with van der Waals surface area (Å²) in [6.45, 7) is 6.52. The van der Waals surface area contributed by atoms with Gasteiger partial charge >= 0.3 is 5.97 Å². The van der Waals surface area contributed by atoms with Gasteiger partial charge < -0.3 is 20.2 Å². The molecule has 20 heavy (non-hydrogen) atoms. The van der Waals surface area contributed by atoms with E-state index in [2.05, 4.69) is 10.2 Å². The predicted octanol–water partition coefficient (Wildman–Crippen LogP) is 0.630. The number of rotatable bonds is 6. The Kier molecular flexibility index (Phi) is 10.0. The van der Waals surface area contributed by atoms with Crippen molar-refractivity contribution in [3.63, 3.8) is 0 Å². The number of hydrogen-bond acceptors (Lipinski definition) is 4. The van der Waals surface area contributed by atoms with Crippen LogP contribution in [-0.2, 0) is 9.59 Å². The topological polar surface area (TPSA) is 72.9 Å².